The third kappa shape index (κ3) is 4.29. The highest BCUT2D eigenvalue weighted by Crippen LogP contribution is 2.23. The number of halogens is 1. The summed E-state index contributed by atoms with van der Waals surface area (Å²) < 4.78 is 5.55. The van der Waals surface area contributed by atoms with E-state index < -0.39 is 0 Å². The molecule has 1 heterocycles. The van der Waals surface area contributed by atoms with Crippen LogP contribution in [-0.2, 0) is 0 Å². The normalized spacial score (nSPS) is 9.79. The van der Waals surface area contributed by atoms with Crippen LogP contribution in [0.1, 0.15) is 5.56 Å². The molecule has 0 fully saturated rings. The Hall–Kier alpha value is -2.94. The van der Waals surface area contributed by atoms with E-state index in [4.69, 9.17) is 27.2 Å². The molecule has 0 radical (unpaired) electrons. The number of hydrogen-bond acceptors (Lipinski definition) is 7. The fourth-order valence-corrected chi connectivity index (χ4v) is 1.97. The van der Waals surface area contributed by atoms with Crippen molar-refractivity contribution < 1.29 is 4.42 Å². The summed E-state index contributed by atoms with van der Waals surface area (Å²) in [5.74, 6) is 8.42. The maximum Gasteiger partial charge on any atom is 0.320 e. The van der Waals surface area contributed by atoms with Crippen molar-refractivity contribution in [3.8, 4) is 11.5 Å². The zero-order valence-corrected chi connectivity index (χ0v) is 13.3. The van der Waals surface area contributed by atoms with Crippen LogP contribution in [0, 0.1) is 5.41 Å². The Balaban J connectivity index is 0.00000100. The first-order valence-corrected chi connectivity index (χ1v) is 7.14. The molecule has 0 amide bonds. The van der Waals surface area contributed by atoms with Crippen LogP contribution in [0.3, 0.4) is 0 Å². The number of nitrogen functional groups attached to an aromatic ring is 1. The molecule has 2 aromatic carbocycles. The molecule has 124 valence electrons. The summed E-state index contributed by atoms with van der Waals surface area (Å²) in [6, 6.07) is 14.4. The van der Waals surface area contributed by atoms with E-state index in [1.165, 1.54) is 0 Å². The number of aromatic nitrogens is 2. The molecule has 0 aliphatic heterocycles. The lowest BCUT2D eigenvalue weighted by Gasteiger charge is -2.02. The third-order valence-electron chi connectivity index (χ3n) is 2.96. The maximum atomic E-state index is 7.35. The fourth-order valence-electron chi connectivity index (χ4n) is 1.84. The number of nitrogens with zero attached hydrogens (tertiary/aromatic N) is 2. The minimum Gasteiger partial charge on any atom is -0.403 e. The van der Waals surface area contributed by atoms with Gasteiger partial charge in [0, 0.05) is 21.8 Å². The lowest BCUT2D eigenvalue weighted by atomic mass is 10.2. The Labute approximate surface area is 143 Å². The molecular formula is C15H16ClN7O. The fraction of sp³-hybridized carbons (Fsp3) is 0. The van der Waals surface area contributed by atoms with Gasteiger partial charge in [-0.2, -0.15) is 0 Å². The highest BCUT2D eigenvalue weighted by Gasteiger charge is 2.08. The molecule has 0 unspecified atom stereocenters. The molecule has 0 bridgehead atoms. The molecule has 3 rings (SSSR count). The molecule has 0 saturated heterocycles. The van der Waals surface area contributed by atoms with Gasteiger partial charge in [0.2, 0.25) is 5.89 Å². The molecule has 8 nitrogen and oxygen atoms in total. The first-order valence-electron chi connectivity index (χ1n) is 6.76. The summed E-state index contributed by atoms with van der Waals surface area (Å²) in [7, 11) is 0. The number of anilines is 2. The van der Waals surface area contributed by atoms with Gasteiger partial charge in [0.15, 0.2) is 0 Å². The van der Waals surface area contributed by atoms with Gasteiger partial charge in [0.1, 0.15) is 5.84 Å². The van der Waals surface area contributed by atoms with Crippen molar-refractivity contribution in [2.75, 3.05) is 5.32 Å². The molecule has 8 N–H and O–H groups in total. The van der Waals surface area contributed by atoms with Crippen LogP contribution in [0.2, 0.25) is 5.02 Å². The monoisotopic (exact) mass is 345 g/mol. The largest absolute Gasteiger partial charge is 0.403 e. The third-order valence-corrected chi connectivity index (χ3v) is 3.22. The molecule has 0 aliphatic rings. The van der Waals surface area contributed by atoms with Crippen LogP contribution in [0.4, 0.5) is 11.7 Å². The number of amidine groups is 1. The maximum absolute atomic E-state index is 7.35. The number of rotatable bonds is 4. The summed E-state index contributed by atoms with van der Waals surface area (Å²) in [4.78, 5) is 0. The first-order chi connectivity index (χ1) is 11.6. The Morgan fingerprint density at radius 1 is 1.00 bits per heavy atom. The van der Waals surface area contributed by atoms with Gasteiger partial charge in [-0.05, 0) is 48.5 Å². The van der Waals surface area contributed by atoms with Crippen molar-refractivity contribution in [2.24, 2.45) is 17.4 Å². The van der Waals surface area contributed by atoms with E-state index in [-0.39, 0.29) is 11.9 Å². The first kappa shape index (κ1) is 17.4. The van der Waals surface area contributed by atoms with Crippen molar-refractivity contribution in [3.05, 3.63) is 59.1 Å². The molecule has 0 atom stereocenters. The Morgan fingerprint density at radius 2 is 1.62 bits per heavy atom. The standard InChI is InChI=1S/C15H12ClN5O.H4N2/c16-11-5-1-10(2-6-11)14-20-21-15(22-14)19-12-7-3-9(4-8-12)13(17)18;1-2/h1-8H,(H3,17,18)(H,19,21);1-2H2. The predicted octanol–water partition coefficient (Wildman–Crippen LogP) is 2.24. The number of nitrogens with one attached hydrogen (secondary N) is 2. The smallest absolute Gasteiger partial charge is 0.320 e. The zero-order valence-electron chi connectivity index (χ0n) is 12.5. The minimum absolute atomic E-state index is 0.0226. The molecule has 0 aliphatic carbocycles. The second-order valence-electron chi connectivity index (χ2n) is 4.54. The van der Waals surface area contributed by atoms with Crippen LogP contribution in [-0.4, -0.2) is 16.0 Å². The number of hydrogen-bond donors (Lipinski definition) is 5. The van der Waals surface area contributed by atoms with E-state index in [2.05, 4.69) is 27.2 Å². The summed E-state index contributed by atoms with van der Waals surface area (Å²) >= 11 is 5.84. The summed E-state index contributed by atoms with van der Waals surface area (Å²) in [5, 5.41) is 18.9. The van der Waals surface area contributed by atoms with E-state index in [9.17, 15) is 0 Å². The van der Waals surface area contributed by atoms with E-state index in [1.807, 2.05) is 0 Å². The molecule has 24 heavy (non-hydrogen) atoms. The van der Waals surface area contributed by atoms with Gasteiger partial charge in [-0.1, -0.05) is 16.7 Å². The molecule has 3 aromatic rings. The van der Waals surface area contributed by atoms with E-state index in [0.29, 0.717) is 16.5 Å². The van der Waals surface area contributed by atoms with Crippen LogP contribution in [0.5, 0.6) is 0 Å². The molecular weight excluding hydrogens is 330 g/mol. The summed E-state index contributed by atoms with van der Waals surface area (Å²) in [6.07, 6.45) is 0. The highest BCUT2D eigenvalue weighted by atomic mass is 35.5. The van der Waals surface area contributed by atoms with Crippen molar-refractivity contribution >= 4 is 29.1 Å². The lowest BCUT2D eigenvalue weighted by Crippen LogP contribution is -2.10. The second-order valence-corrected chi connectivity index (χ2v) is 4.97. The van der Waals surface area contributed by atoms with E-state index in [0.717, 1.165) is 11.3 Å². The second kappa shape index (κ2) is 8.06. The van der Waals surface area contributed by atoms with Gasteiger partial charge in [0.05, 0.1) is 0 Å². The average Bonchev–Trinajstić information content (AvgIpc) is 3.06. The summed E-state index contributed by atoms with van der Waals surface area (Å²) in [6.45, 7) is 0. The van der Waals surface area contributed by atoms with Gasteiger partial charge in [-0.25, -0.2) is 0 Å². The van der Waals surface area contributed by atoms with Crippen molar-refractivity contribution in [3.63, 3.8) is 0 Å². The molecule has 1 aromatic heterocycles. The van der Waals surface area contributed by atoms with Gasteiger partial charge < -0.3 is 15.5 Å². The topological polar surface area (TPSA) is 153 Å². The quantitative estimate of drug-likeness (QED) is 0.210. The van der Waals surface area contributed by atoms with E-state index >= 15 is 0 Å². The minimum atomic E-state index is 0.0226. The van der Waals surface area contributed by atoms with Crippen molar-refractivity contribution in [1.82, 2.24) is 10.2 Å². The van der Waals surface area contributed by atoms with Crippen LogP contribution >= 0.6 is 11.6 Å². The predicted molar refractivity (Wildman–Crippen MR) is 93.9 cm³/mol. The Bertz CT molecular complexity index is 799. The van der Waals surface area contributed by atoms with Crippen LogP contribution in [0.15, 0.2) is 52.9 Å². The zero-order chi connectivity index (χ0) is 17.5. The van der Waals surface area contributed by atoms with Crippen LogP contribution in [0.25, 0.3) is 11.5 Å². The Morgan fingerprint density at radius 3 is 2.21 bits per heavy atom. The average molecular weight is 346 g/mol. The molecule has 0 saturated carbocycles. The number of nitrogens with two attached hydrogens (primary N) is 3. The van der Waals surface area contributed by atoms with Gasteiger partial charge in [-0.3, -0.25) is 17.1 Å². The van der Waals surface area contributed by atoms with E-state index in [1.54, 1.807) is 48.5 Å². The van der Waals surface area contributed by atoms with Crippen molar-refractivity contribution in [2.45, 2.75) is 0 Å². The number of benzene rings is 2. The number of hydrazine groups is 1. The summed E-state index contributed by atoms with van der Waals surface area (Å²) in [5.41, 5.74) is 7.61. The Kier molecular flexibility index (Phi) is 5.85. The highest BCUT2D eigenvalue weighted by molar-refractivity contribution is 6.30. The van der Waals surface area contributed by atoms with Gasteiger partial charge >= 0.3 is 6.01 Å². The molecule has 9 heteroatoms. The lowest BCUT2D eigenvalue weighted by molar-refractivity contribution is 0.587. The van der Waals surface area contributed by atoms with Crippen molar-refractivity contribution in [1.29, 1.82) is 5.41 Å². The van der Waals surface area contributed by atoms with Crippen LogP contribution < -0.4 is 22.7 Å². The SMILES string of the molecule is N=C(N)c1ccc(Nc2nnc(-c3ccc(Cl)cc3)o2)cc1.NN. The molecule has 0 spiro atoms. The van der Waals surface area contributed by atoms with Gasteiger partial charge in [0.25, 0.3) is 0 Å². The van der Waals surface area contributed by atoms with Gasteiger partial charge in [-0.15, -0.1) is 5.10 Å².